The summed E-state index contributed by atoms with van der Waals surface area (Å²) in [5.74, 6) is -0.129. The van der Waals surface area contributed by atoms with Crippen LogP contribution in [0.15, 0.2) is 47.4 Å². The Hall–Kier alpha value is -2.84. The molecule has 9 heteroatoms. The van der Waals surface area contributed by atoms with Crippen LogP contribution in [0, 0.1) is 6.92 Å². The number of ether oxygens (including phenoxy) is 1. The number of fused-ring (bicyclic) bond motifs is 1. The Morgan fingerprint density at radius 3 is 2.26 bits per heavy atom. The van der Waals surface area contributed by atoms with Crippen molar-refractivity contribution in [3.63, 3.8) is 0 Å². The molecule has 3 rings (SSSR count). The molecule has 1 heterocycles. The van der Waals surface area contributed by atoms with Gasteiger partial charge in [-0.25, -0.2) is 8.42 Å². The van der Waals surface area contributed by atoms with Crippen LogP contribution in [-0.4, -0.2) is 36.7 Å². The van der Waals surface area contributed by atoms with Crippen molar-refractivity contribution < 1.29 is 22.7 Å². The lowest BCUT2D eigenvalue weighted by molar-refractivity contribution is -0.146. The van der Waals surface area contributed by atoms with Gasteiger partial charge in [-0.05, 0) is 76.1 Å². The number of nitrogens with zero attached hydrogens (tertiary/aromatic N) is 2. The zero-order valence-electron chi connectivity index (χ0n) is 20.1. The number of amides is 1. The largest absolute Gasteiger partial charge is 0.462 e. The summed E-state index contributed by atoms with van der Waals surface area (Å²) in [7, 11) is -2.05. The van der Waals surface area contributed by atoms with E-state index in [4.69, 9.17) is 16.3 Å². The first-order valence-corrected chi connectivity index (χ1v) is 12.8. The van der Waals surface area contributed by atoms with Gasteiger partial charge in [0.05, 0.1) is 27.6 Å². The molecular formula is C25H29ClN2O5S. The van der Waals surface area contributed by atoms with E-state index in [2.05, 4.69) is 0 Å². The Kier molecular flexibility index (Phi) is 7.43. The van der Waals surface area contributed by atoms with Crippen LogP contribution in [0.3, 0.4) is 0 Å². The molecule has 3 aromatic rings. The van der Waals surface area contributed by atoms with Crippen LogP contribution in [0.5, 0.6) is 0 Å². The molecule has 182 valence electrons. The van der Waals surface area contributed by atoms with Gasteiger partial charge in [0.1, 0.15) is 5.82 Å². The number of halogens is 1. The summed E-state index contributed by atoms with van der Waals surface area (Å²) >= 11 is 6.42. The van der Waals surface area contributed by atoms with Gasteiger partial charge < -0.3 is 9.30 Å². The molecule has 2 atom stereocenters. The maximum Gasteiger partial charge on any atom is 0.324 e. The van der Waals surface area contributed by atoms with E-state index in [0.29, 0.717) is 10.8 Å². The minimum Gasteiger partial charge on any atom is -0.462 e. The molecular weight excluding hydrogens is 476 g/mol. The number of hydrogen-bond donors (Lipinski definition) is 0. The predicted octanol–water partition coefficient (Wildman–Crippen LogP) is 4.98. The molecule has 0 aliphatic carbocycles. The van der Waals surface area contributed by atoms with Gasteiger partial charge in [0.15, 0.2) is 15.1 Å². The van der Waals surface area contributed by atoms with Gasteiger partial charge in [-0.2, -0.15) is 0 Å². The van der Waals surface area contributed by atoms with Gasteiger partial charge in [-0.1, -0.05) is 23.7 Å². The molecule has 1 unspecified atom stereocenters. The third kappa shape index (κ3) is 4.83. The van der Waals surface area contributed by atoms with Gasteiger partial charge >= 0.3 is 5.97 Å². The lowest BCUT2D eigenvalue weighted by Gasteiger charge is -2.26. The molecule has 0 fully saturated rings. The normalized spacial score (nSPS) is 13.6. The maximum absolute atomic E-state index is 12.9. The zero-order valence-corrected chi connectivity index (χ0v) is 21.6. The first-order chi connectivity index (χ1) is 15.9. The summed E-state index contributed by atoms with van der Waals surface area (Å²) in [6.07, 6.45) is 0.338. The number of rotatable bonds is 8. The Bertz CT molecular complexity index is 1330. The van der Waals surface area contributed by atoms with Crippen LogP contribution < -0.4 is 4.90 Å². The second kappa shape index (κ2) is 9.80. The number of hydrogen-bond acceptors (Lipinski definition) is 5. The highest BCUT2D eigenvalue weighted by molar-refractivity contribution is 7.92. The van der Waals surface area contributed by atoms with E-state index in [1.165, 1.54) is 19.1 Å². The van der Waals surface area contributed by atoms with Crippen molar-refractivity contribution in [3.05, 3.63) is 58.6 Å². The van der Waals surface area contributed by atoms with E-state index in [-0.39, 0.29) is 10.9 Å². The number of anilines is 1. The number of aryl methyl sites for hydroxylation is 2. The minimum absolute atomic E-state index is 0.0150. The summed E-state index contributed by atoms with van der Waals surface area (Å²) < 4.78 is 32.7. The smallest absolute Gasteiger partial charge is 0.324 e. The van der Waals surface area contributed by atoms with Crippen molar-refractivity contribution in [1.82, 2.24) is 4.57 Å². The lowest BCUT2D eigenvalue weighted by atomic mass is 10.1. The molecule has 0 radical (unpaired) electrons. The van der Waals surface area contributed by atoms with Crippen molar-refractivity contribution >= 4 is 50.5 Å². The standard InChI is InChI=1S/C25H29ClN2O5S/c1-15(2)33-25(30)18(5)34(31,32)20-9-7-19(8-10-20)17(4)28(14-29)24-13-21-22(26)11-16(3)12-23(21)27(24)6/h7-15,17-18H,1-6H3/t17-,18?/m1/s1. The molecule has 0 saturated heterocycles. The average molecular weight is 505 g/mol. The first-order valence-electron chi connectivity index (χ1n) is 10.9. The Morgan fingerprint density at radius 1 is 1.09 bits per heavy atom. The van der Waals surface area contributed by atoms with Crippen LogP contribution in [0.2, 0.25) is 5.02 Å². The summed E-state index contributed by atoms with van der Waals surface area (Å²) in [5.41, 5.74) is 2.65. The fraction of sp³-hybridized carbons (Fsp3) is 0.360. The van der Waals surface area contributed by atoms with Crippen LogP contribution in [0.4, 0.5) is 5.82 Å². The van der Waals surface area contributed by atoms with Crippen LogP contribution in [0.1, 0.15) is 44.9 Å². The molecule has 1 aromatic heterocycles. The highest BCUT2D eigenvalue weighted by Crippen LogP contribution is 2.35. The van der Waals surface area contributed by atoms with Gasteiger partial charge in [-0.15, -0.1) is 0 Å². The van der Waals surface area contributed by atoms with E-state index in [9.17, 15) is 18.0 Å². The predicted molar refractivity (Wildman–Crippen MR) is 134 cm³/mol. The fourth-order valence-electron chi connectivity index (χ4n) is 3.85. The van der Waals surface area contributed by atoms with Crippen LogP contribution in [-0.2, 0) is 31.2 Å². The summed E-state index contributed by atoms with van der Waals surface area (Å²) in [4.78, 5) is 25.8. The van der Waals surface area contributed by atoms with E-state index < -0.39 is 27.2 Å². The molecule has 0 bridgehead atoms. The molecule has 0 spiro atoms. The molecule has 0 N–H and O–H groups in total. The van der Waals surface area contributed by atoms with Crippen molar-refractivity contribution in [1.29, 1.82) is 0 Å². The summed E-state index contributed by atoms with van der Waals surface area (Å²) in [6, 6.07) is 11.5. The first kappa shape index (κ1) is 25.8. The lowest BCUT2D eigenvalue weighted by Crippen LogP contribution is -2.31. The topological polar surface area (TPSA) is 85.7 Å². The van der Waals surface area contributed by atoms with Crippen LogP contribution >= 0.6 is 11.6 Å². The Balaban J connectivity index is 1.92. The monoisotopic (exact) mass is 504 g/mol. The second-order valence-electron chi connectivity index (χ2n) is 8.67. The second-order valence-corrected chi connectivity index (χ2v) is 11.3. The van der Waals surface area contributed by atoms with Crippen molar-refractivity contribution in [2.75, 3.05) is 4.90 Å². The molecule has 0 aliphatic rings. The van der Waals surface area contributed by atoms with E-state index >= 15 is 0 Å². The number of esters is 1. The number of aromatic nitrogens is 1. The Labute approximate surface area is 205 Å². The number of benzene rings is 2. The van der Waals surface area contributed by atoms with Gasteiger partial charge in [0.25, 0.3) is 0 Å². The van der Waals surface area contributed by atoms with Gasteiger partial charge in [0, 0.05) is 12.4 Å². The molecule has 0 saturated carbocycles. The highest BCUT2D eigenvalue weighted by atomic mass is 35.5. The fourth-order valence-corrected chi connectivity index (χ4v) is 5.41. The quantitative estimate of drug-likeness (QED) is 0.319. The van der Waals surface area contributed by atoms with E-state index in [0.717, 1.165) is 28.4 Å². The SMILES string of the molecule is Cc1cc(Cl)c2cc(N(C=O)[C@H](C)c3ccc(S(=O)(=O)C(C)C(=O)OC(C)C)cc3)n(C)c2c1. The third-order valence-corrected chi connectivity index (χ3v) is 8.23. The third-order valence-electron chi connectivity index (χ3n) is 5.87. The van der Waals surface area contributed by atoms with Crippen LogP contribution in [0.25, 0.3) is 10.9 Å². The number of carbonyl (C=O) groups is 2. The number of sulfone groups is 1. The number of carbonyl (C=O) groups excluding carboxylic acids is 2. The maximum atomic E-state index is 12.9. The van der Waals surface area contributed by atoms with E-state index in [1.807, 2.05) is 43.7 Å². The molecule has 2 aromatic carbocycles. The minimum atomic E-state index is -3.91. The molecule has 34 heavy (non-hydrogen) atoms. The van der Waals surface area contributed by atoms with Gasteiger partial charge in [0.2, 0.25) is 6.41 Å². The van der Waals surface area contributed by atoms with Crippen molar-refractivity contribution in [3.8, 4) is 0 Å². The molecule has 0 aliphatic heterocycles. The zero-order chi connectivity index (χ0) is 25.4. The summed E-state index contributed by atoms with van der Waals surface area (Å²) in [5, 5.41) is 0.121. The summed E-state index contributed by atoms with van der Waals surface area (Å²) in [6.45, 7) is 8.45. The Morgan fingerprint density at radius 2 is 1.71 bits per heavy atom. The van der Waals surface area contributed by atoms with E-state index in [1.54, 1.807) is 30.9 Å². The van der Waals surface area contributed by atoms with Crippen molar-refractivity contribution in [2.45, 2.75) is 56.9 Å². The van der Waals surface area contributed by atoms with Gasteiger partial charge in [-0.3, -0.25) is 14.5 Å². The molecule has 7 nitrogen and oxygen atoms in total. The molecule has 1 amide bonds. The van der Waals surface area contributed by atoms with Crippen molar-refractivity contribution in [2.24, 2.45) is 7.05 Å². The highest BCUT2D eigenvalue weighted by Gasteiger charge is 2.32. The average Bonchev–Trinajstić information content (AvgIpc) is 3.10.